The van der Waals surface area contributed by atoms with Crippen LogP contribution in [0, 0.1) is 6.92 Å². The normalized spacial score (nSPS) is 14.9. The first-order chi connectivity index (χ1) is 19.3. The number of methoxy groups -OCH3 is 1. The summed E-state index contributed by atoms with van der Waals surface area (Å²) in [5.41, 5.74) is 3.75. The monoisotopic (exact) mass is 567 g/mol. The molecule has 0 saturated carbocycles. The summed E-state index contributed by atoms with van der Waals surface area (Å²) in [6.45, 7) is 5.85. The molecule has 0 radical (unpaired) electrons. The minimum absolute atomic E-state index is 0.0485. The first kappa shape index (κ1) is 28.8. The van der Waals surface area contributed by atoms with Gasteiger partial charge in [0.25, 0.3) is 0 Å². The number of aliphatic hydroxyl groups excluding tert-OH is 1. The number of nitrogens with one attached hydrogen (secondary N) is 3. The minimum Gasteiger partial charge on any atom is -0.495 e. The average molecular weight is 568 g/mol. The fourth-order valence-electron chi connectivity index (χ4n) is 4.49. The lowest BCUT2D eigenvalue weighted by Crippen LogP contribution is -2.55. The molecule has 1 unspecified atom stereocenters. The Morgan fingerprint density at radius 3 is 2.45 bits per heavy atom. The Bertz CT molecular complexity index is 1340. The number of hydrogen-bond donors (Lipinski definition) is 4. The number of amides is 4. The maximum Gasteiger partial charge on any atom is 0.323 e. The van der Waals surface area contributed by atoms with Crippen molar-refractivity contribution in [1.82, 2.24) is 4.90 Å². The van der Waals surface area contributed by atoms with Crippen molar-refractivity contribution in [1.29, 1.82) is 0 Å². The summed E-state index contributed by atoms with van der Waals surface area (Å²) in [5, 5.41) is 17.8. The third-order valence-electron chi connectivity index (χ3n) is 6.52. The van der Waals surface area contributed by atoms with E-state index in [1.807, 2.05) is 56.3 Å². The predicted molar refractivity (Wildman–Crippen MR) is 158 cm³/mol. The van der Waals surface area contributed by atoms with E-state index in [4.69, 9.17) is 26.2 Å². The number of nitrogens with zero attached hydrogens (tertiary/aromatic N) is 2. The molecule has 4 rings (SSSR count). The highest BCUT2D eigenvalue weighted by molar-refractivity contribution is 6.33. The smallest absolute Gasteiger partial charge is 0.323 e. The number of carbonyl (C=O) groups is 2. The van der Waals surface area contributed by atoms with E-state index in [2.05, 4.69) is 20.9 Å². The molecule has 0 spiro atoms. The van der Waals surface area contributed by atoms with Crippen LogP contribution in [0.15, 0.2) is 60.7 Å². The maximum absolute atomic E-state index is 13.0. The van der Waals surface area contributed by atoms with Crippen molar-refractivity contribution in [3.05, 3.63) is 71.2 Å². The molecular formula is C29H34ClN5O5. The van der Waals surface area contributed by atoms with Crippen molar-refractivity contribution in [2.24, 2.45) is 0 Å². The topological polar surface area (TPSA) is 115 Å². The molecule has 3 aromatic rings. The number of aryl methyl sites for hydroxylation is 1. The summed E-state index contributed by atoms with van der Waals surface area (Å²) in [4.78, 5) is 29.5. The molecule has 0 aliphatic carbocycles. The molecule has 4 amide bonds. The number of ether oxygens (including phenoxy) is 2. The maximum atomic E-state index is 13.0. The molecule has 3 aromatic carbocycles. The van der Waals surface area contributed by atoms with Gasteiger partial charge in [-0.05, 0) is 67.9 Å². The molecular weight excluding hydrogens is 534 g/mol. The zero-order chi connectivity index (χ0) is 28.6. The van der Waals surface area contributed by atoms with Gasteiger partial charge >= 0.3 is 12.1 Å². The molecule has 10 nitrogen and oxygen atoms in total. The van der Waals surface area contributed by atoms with E-state index >= 15 is 0 Å². The summed E-state index contributed by atoms with van der Waals surface area (Å²) >= 11 is 6.32. The fourth-order valence-corrected chi connectivity index (χ4v) is 4.71. The SMILES string of the molecule is COc1ccc(C)cc1NC(=O)Nc1ccc(N2CCN(C(=O)Nc3ccc(OCCO)cc3Cl)C(C)C2)cc1. The summed E-state index contributed by atoms with van der Waals surface area (Å²) in [5.74, 6) is 1.11. The van der Waals surface area contributed by atoms with Crippen LogP contribution in [-0.2, 0) is 0 Å². The number of anilines is 4. The molecule has 1 saturated heterocycles. The molecule has 0 bridgehead atoms. The zero-order valence-corrected chi connectivity index (χ0v) is 23.5. The van der Waals surface area contributed by atoms with Crippen molar-refractivity contribution < 1.29 is 24.2 Å². The van der Waals surface area contributed by atoms with E-state index in [-0.39, 0.29) is 31.3 Å². The Balaban J connectivity index is 1.30. The Labute approximate surface area is 238 Å². The van der Waals surface area contributed by atoms with Gasteiger partial charge in [-0.15, -0.1) is 0 Å². The van der Waals surface area contributed by atoms with E-state index in [0.29, 0.717) is 53.2 Å². The highest BCUT2D eigenvalue weighted by Crippen LogP contribution is 2.29. The Morgan fingerprint density at radius 2 is 1.77 bits per heavy atom. The largest absolute Gasteiger partial charge is 0.495 e. The number of halogens is 1. The van der Waals surface area contributed by atoms with Gasteiger partial charge < -0.3 is 40.3 Å². The first-order valence-electron chi connectivity index (χ1n) is 13.0. The number of aliphatic hydroxyl groups is 1. The van der Waals surface area contributed by atoms with Gasteiger partial charge in [0.1, 0.15) is 18.1 Å². The molecule has 11 heteroatoms. The molecule has 1 fully saturated rings. The van der Waals surface area contributed by atoms with Crippen LogP contribution in [0.5, 0.6) is 11.5 Å². The van der Waals surface area contributed by atoms with E-state index in [1.165, 1.54) is 0 Å². The third-order valence-corrected chi connectivity index (χ3v) is 6.84. The number of urea groups is 2. The van der Waals surface area contributed by atoms with Crippen molar-refractivity contribution >= 4 is 46.4 Å². The molecule has 212 valence electrons. The van der Waals surface area contributed by atoms with Crippen LogP contribution < -0.4 is 30.3 Å². The van der Waals surface area contributed by atoms with Crippen LogP contribution in [0.2, 0.25) is 5.02 Å². The summed E-state index contributed by atoms with van der Waals surface area (Å²) in [6.07, 6.45) is 0. The number of hydrogen-bond acceptors (Lipinski definition) is 6. The van der Waals surface area contributed by atoms with Crippen LogP contribution >= 0.6 is 11.6 Å². The summed E-state index contributed by atoms with van der Waals surface area (Å²) in [6, 6.07) is 17.5. The summed E-state index contributed by atoms with van der Waals surface area (Å²) < 4.78 is 10.7. The van der Waals surface area contributed by atoms with Gasteiger partial charge in [0.15, 0.2) is 0 Å². The standard InChI is InChI=1S/C29H34ClN5O5/c1-19-4-11-27(39-3)26(16-19)32-28(37)31-21-5-7-22(8-6-21)34-12-13-35(20(2)18-34)29(38)33-25-10-9-23(17-24(25)30)40-15-14-36/h4-11,16-17,20,36H,12-15,18H2,1-3H3,(H,33,38)(H2,31,32,37). The number of benzene rings is 3. The van der Waals surface area contributed by atoms with Crippen LogP contribution in [0.25, 0.3) is 0 Å². The molecule has 1 aliphatic heterocycles. The minimum atomic E-state index is -0.364. The van der Waals surface area contributed by atoms with Gasteiger partial charge in [-0.1, -0.05) is 17.7 Å². The van der Waals surface area contributed by atoms with Crippen LogP contribution in [0.1, 0.15) is 12.5 Å². The third kappa shape index (κ3) is 7.28. The fraction of sp³-hybridized carbons (Fsp3) is 0.310. The quantitative estimate of drug-likeness (QED) is 0.289. The van der Waals surface area contributed by atoms with Crippen molar-refractivity contribution in [3.63, 3.8) is 0 Å². The Hall–Kier alpha value is -4.15. The molecule has 1 aliphatic rings. The lowest BCUT2D eigenvalue weighted by Gasteiger charge is -2.41. The zero-order valence-electron chi connectivity index (χ0n) is 22.7. The summed E-state index contributed by atoms with van der Waals surface area (Å²) in [7, 11) is 1.56. The lowest BCUT2D eigenvalue weighted by molar-refractivity contribution is 0.185. The number of piperazine rings is 1. The van der Waals surface area contributed by atoms with Crippen LogP contribution in [0.3, 0.4) is 0 Å². The van der Waals surface area contributed by atoms with Crippen molar-refractivity contribution in [3.8, 4) is 11.5 Å². The van der Waals surface area contributed by atoms with E-state index in [9.17, 15) is 9.59 Å². The second-order valence-corrected chi connectivity index (χ2v) is 9.87. The van der Waals surface area contributed by atoms with Crippen molar-refractivity contribution in [2.45, 2.75) is 19.9 Å². The molecule has 1 atom stereocenters. The molecule has 1 heterocycles. The molecule has 4 N–H and O–H groups in total. The second kappa shape index (κ2) is 13.3. The van der Waals surface area contributed by atoms with Gasteiger partial charge in [0.2, 0.25) is 0 Å². The van der Waals surface area contributed by atoms with Crippen molar-refractivity contribution in [2.75, 3.05) is 60.8 Å². The van der Waals surface area contributed by atoms with Gasteiger partial charge in [-0.25, -0.2) is 9.59 Å². The van der Waals surface area contributed by atoms with Gasteiger partial charge in [0, 0.05) is 43.1 Å². The van der Waals surface area contributed by atoms with Gasteiger partial charge in [-0.2, -0.15) is 0 Å². The molecule has 0 aromatic heterocycles. The van der Waals surface area contributed by atoms with E-state index in [1.54, 1.807) is 30.2 Å². The number of rotatable bonds is 8. The second-order valence-electron chi connectivity index (χ2n) is 9.46. The highest BCUT2D eigenvalue weighted by Gasteiger charge is 2.28. The average Bonchev–Trinajstić information content (AvgIpc) is 2.93. The van der Waals surface area contributed by atoms with E-state index < -0.39 is 0 Å². The lowest BCUT2D eigenvalue weighted by atomic mass is 10.1. The van der Waals surface area contributed by atoms with Gasteiger partial charge in [0.05, 0.1) is 30.1 Å². The Kier molecular flexibility index (Phi) is 9.57. The highest BCUT2D eigenvalue weighted by atomic mass is 35.5. The molecule has 40 heavy (non-hydrogen) atoms. The van der Waals surface area contributed by atoms with Crippen LogP contribution in [-0.4, -0.2) is 68.1 Å². The van der Waals surface area contributed by atoms with Gasteiger partial charge in [-0.3, -0.25) is 0 Å². The first-order valence-corrected chi connectivity index (χ1v) is 13.3. The predicted octanol–water partition coefficient (Wildman–Crippen LogP) is 5.41. The van der Waals surface area contributed by atoms with E-state index in [0.717, 1.165) is 11.3 Å². The van der Waals surface area contributed by atoms with Crippen LogP contribution in [0.4, 0.5) is 32.3 Å². The Morgan fingerprint density at radius 1 is 1.00 bits per heavy atom. The number of carbonyl (C=O) groups excluding carboxylic acids is 2.